The standard InChI is InChI=1S/C11H15N3O2S/c1-16-10(15)9-12-6-3-8(14-9)13-7-11(17-2)4-5-11/h3,6H,4-5,7H2,1-2H3,(H,12,13,14). The summed E-state index contributed by atoms with van der Waals surface area (Å²) in [5.41, 5.74) is 0. The Balaban J connectivity index is 1.99. The first kappa shape index (κ1) is 12.2. The van der Waals surface area contributed by atoms with Crippen LogP contribution in [0.1, 0.15) is 23.5 Å². The molecule has 0 aliphatic heterocycles. The summed E-state index contributed by atoms with van der Waals surface area (Å²) in [7, 11) is 1.32. The van der Waals surface area contributed by atoms with Crippen LogP contribution in [0.2, 0.25) is 0 Å². The second kappa shape index (κ2) is 4.91. The molecule has 6 heteroatoms. The van der Waals surface area contributed by atoms with Gasteiger partial charge in [0.1, 0.15) is 5.82 Å². The van der Waals surface area contributed by atoms with Crippen molar-refractivity contribution in [2.75, 3.05) is 25.2 Å². The molecule has 0 radical (unpaired) electrons. The SMILES string of the molecule is COC(=O)c1nccc(NCC2(SC)CC2)n1. The molecule has 1 aliphatic carbocycles. The molecule has 1 saturated carbocycles. The highest BCUT2D eigenvalue weighted by atomic mass is 32.2. The zero-order valence-corrected chi connectivity index (χ0v) is 10.7. The Labute approximate surface area is 104 Å². The summed E-state index contributed by atoms with van der Waals surface area (Å²) in [6.45, 7) is 0.867. The topological polar surface area (TPSA) is 64.1 Å². The lowest BCUT2D eigenvalue weighted by Gasteiger charge is -2.13. The summed E-state index contributed by atoms with van der Waals surface area (Å²) in [6, 6.07) is 1.75. The molecule has 5 nitrogen and oxygen atoms in total. The number of methoxy groups -OCH3 is 1. The minimum absolute atomic E-state index is 0.0894. The van der Waals surface area contributed by atoms with Crippen LogP contribution in [0.4, 0.5) is 5.82 Å². The van der Waals surface area contributed by atoms with E-state index in [0.29, 0.717) is 10.6 Å². The number of thioether (sulfide) groups is 1. The molecule has 0 atom stereocenters. The summed E-state index contributed by atoms with van der Waals surface area (Å²) < 4.78 is 4.93. The van der Waals surface area contributed by atoms with Gasteiger partial charge in [-0.1, -0.05) is 0 Å². The normalized spacial score (nSPS) is 16.4. The van der Waals surface area contributed by atoms with Crippen LogP contribution in [0.5, 0.6) is 0 Å². The van der Waals surface area contributed by atoms with E-state index in [1.165, 1.54) is 20.0 Å². The summed E-state index contributed by atoms with van der Waals surface area (Å²) >= 11 is 1.87. The van der Waals surface area contributed by atoms with Gasteiger partial charge in [0.25, 0.3) is 0 Å². The Morgan fingerprint density at radius 2 is 2.41 bits per heavy atom. The van der Waals surface area contributed by atoms with Crippen molar-refractivity contribution in [1.29, 1.82) is 0 Å². The number of ether oxygens (including phenoxy) is 1. The van der Waals surface area contributed by atoms with Crippen LogP contribution < -0.4 is 5.32 Å². The van der Waals surface area contributed by atoms with E-state index in [0.717, 1.165) is 6.54 Å². The van der Waals surface area contributed by atoms with Gasteiger partial charge in [-0.15, -0.1) is 0 Å². The Kier molecular flexibility index (Phi) is 3.51. The predicted molar refractivity (Wildman–Crippen MR) is 67.3 cm³/mol. The second-order valence-electron chi connectivity index (χ2n) is 4.00. The number of aromatic nitrogens is 2. The van der Waals surface area contributed by atoms with Crippen molar-refractivity contribution in [3.05, 3.63) is 18.1 Å². The molecule has 0 unspecified atom stereocenters. The van der Waals surface area contributed by atoms with E-state index < -0.39 is 5.97 Å². The maximum absolute atomic E-state index is 11.3. The third kappa shape index (κ3) is 2.88. The molecular formula is C11H15N3O2S. The van der Waals surface area contributed by atoms with Gasteiger partial charge in [-0.05, 0) is 25.2 Å². The van der Waals surface area contributed by atoms with Crippen molar-refractivity contribution in [2.24, 2.45) is 0 Å². The number of hydrogen-bond donors (Lipinski definition) is 1. The third-order valence-corrected chi connectivity index (χ3v) is 4.27. The first-order valence-corrected chi connectivity index (χ1v) is 6.62. The summed E-state index contributed by atoms with van der Waals surface area (Å²) in [5, 5.41) is 3.24. The minimum atomic E-state index is -0.514. The maximum atomic E-state index is 11.3. The van der Waals surface area contributed by atoms with E-state index in [2.05, 4.69) is 26.3 Å². The fourth-order valence-electron chi connectivity index (χ4n) is 1.49. The number of carbonyl (C=O) groups excluding carboxylic acids is 1. The van der Waals surface area contributed by atoms with Crippen molar-refractivity contribution in [1.82, 2.24) is 9.97 Å². The van der Waals surface area contributed by atoms with Crippen LogP contribution in [-0.2, 0) is 4.74 Å². The quantitative estimate of drug-likeness (QED) is 0.804. The highest BCUT2D eigenvalue weighted by molar-refractivity contribution is 8.00. The van der Waals surface area contributed by atoms with Crippen molar-refractivity contribution in [3.8, 4) is 0 Å². The molecule has 0 saturated heterocycles. The molecule has 1 aromatic rings. The van der Waals surface area contributed by atoms with E-state index in [1.54, 1.807) is 12.3 Å². The number of hydrogen-bond acceptors (Lipinski definition) is 6. The Hall–Kier alpha value is -1.30. The van der Waals surface area contributed by atoms with Gasteiger partial charge in [0.05, 0.1) is 7.11 Å². The third-order valence-electron chi connectivity index (χ3n) is 2.86. The summed E-state index contributed by atoms with van der Waals surface area (Å²) in [6.07, 6.45) is 6.14. The lowest BCUT2D eigenvalue weighted by Crippen LogP contribution is -2.19. The number of esters is 1. The molecule has 17 heavy (non-hydrogen) atoms. The van der Waals surface area contributed by atoms with Gasteiger partial charge in [-0.25, -0.2) is 14.8 Å². The minimum Gasteiger partial charge on any atom is -0.463 e. The molecule has 1 aromatic heterocycles. The van der Waals surface area contributed by atoms with E-state index in [9.17, 15) is 4.79 Å². The number of rotatable bonds is 5. The molecule has 0 bridgehead atoms. The molecule has 0 amide bonds. The fraction of sp³-hybridized carbons (Fsp3) is 0.545. The number of nitrogens with one attached hydrogen (secondary N) is 1. The highest BCUT2D eigenvalue weighted by Gasteiger charge is 2.41. The van der Waals surface area contributed by atoms with Crippen molar-refractivity contribution in [3.63, 3.8) is 0 Å². The average molecular weight is 253 g/mol. The Morgan fingerprint density at radius 1 is 1.65 bits per heavy atom. The van der Waals surface area contributed by atoms with Crippen LogP contribution in [0.15, 0.2) is 12.3 Å². The van der Waals surface area contributed by atoms with E-state index >= 15 is 0 Å². The van der Waals surface area contributed by atoms with Crippen LogP contribution in [0.25, 0.3) is 0 Å². The number of anilines is 1. The average Bonchev–Trinajstić information content (AvgIpc) is 3.16. The van der Waals surface area contributed by atoms with Crippen LogP contribution in [0, 0.1) is 0 Å². The van der Waals surface area contributed by atoms with Crippen molar-refractivity contribution >= 4 is 23.5 Å². The van der Waals surface area contributed by atoms with Crippen molar-refractivity contribution in [2.45, 2.75) is 17.6 Å². The van der Waals surface area contributed by atoms with Gasteiger partial charge < -0.3 is 10.1 Å². The molecule has 0 aromatic carbocycles. The summed E-state index contributed by atoms with van der Waals surface area (Å²) in [4.78, 5) is 19.2. The molecular weight excluding hydrogens is 238 g/mol. The Morgan fingerprint density at radius 3 is 3.00 bits per heavy atom. The molecule has 1 heterocycles. The molecule has 1 aliphatic rings. The van der Waals surface area contributed by atoms with Gasteiger partial charge in [0.2, 0.25) is 5.82 Å². The molecule has 2 rings (SSSR count). The van der Waals surface area contributed by atoms with Gasteiger partial charge in [0, 0.05) is 17.5 Å². The van der Waals surface area contributed by atoms with Gasteiger partial charge in [0.15, 0.2) is 0 Å². The van der Waals surface area contributed by atoms with Crippen LogP contribution >= 0.6 is 11.8 Å². The molecule has 1 fully saturated rings. The zero-order valence-electron chi connectivity index (χ0n) is 9.90. The smallest absolute Gasteiger partial charge is 0.376 e. The van der Waals surface area contributed by atoms with E-state index in [1.807, 2.05) is 11.8 Å². The largest absolute Gasteiger partial charge is 0.463 e. The highest BCUT2D eigenvalue weighted by Crippen LogP contribution is 2.46. The molecule has 1 N–H and O–H groups in total. The monoisotopic (exact) mass is 253 g/mol. The number of carbonyl (C=O) groups is 1. The number of nitrogens with zero attached hydrogens (tertiary/aromatic N) is 2. The summed E-state index contributed by atoms with van der Waals surface area (Å²) in [5.74, 6) is 0.242. The molecule has 92 valence electrons. The fourth-order valence-corrected chi connectivity index (χ4v) is 2.22. The van der Waals surface area contributed by atoms with Gasteiger partial charge >= 0.3 is 5.97 Å². The van der Waals surface area contributed by atoms with E-state index in [4.69, 9.17) is 0 Å². The van der Waals surface area contributed by atoms with Crippen LogP contribution in [0.3, 0.4) is 0 Å². The van der Waals surface area contributed by atoms with Crippen LogP contribution in [-0.4, -0.2) is 40.6 Å². The first-order chi connectivity index (χ1) is 8.19. The molecule has 0 spiro atoms. The van der Waals surface area contributed by atoms with E-state index in [-0.39, 0.29) is 5.82 Å². The Bertz CT molecular complexity index is 421. The van der Waals surface area contributed by atoms with Crippen molar-refractivity contribution < 1.29 is 9.53 Å². The predicted octanol–water partition coefficient (Wildman–Crippen LogP) is 1.57. The maximum Gasteiger partial charge on any atom is 0.376 e. The lowest BCUT2D eigenvalue weighted by atomic mass is 10.4. The van der Waals surface area contributed by atoms with Gasteiger partial charge in [-0.2, -0.15) is 11.8 Å². The lowest BCUT2D eigenvalue weighted by molar-refractivity contribution is 0.0587. The zero-order chi connectivity index (χ0) is 12.3. The second-order valence-corrected chi connectivity index (χ2v) is 5.27. The first-order valence-electron chi connectivity index (χ1n) is 5.39. The van der Waals surface area contributed by atoms with Gasteiger partial charge in [-0.3, -0.25) is 0 Å².